The number of carbonyl (C=O) groups is 1. The number of nitrogens with one attached hydrogen (secondary N) is 1. The third-order valence-corrected chi connectivity index (χ3v) is 6.77. The minimum Gasteiger partial charge on any atom is -0.353 e. The van der Waals surface area contributed by atoms with E-state index < -0.39 is 0 Å². The van der Waals surface area contributed by atoms with Crippen molar-refractivity contribution < 1.29 is 4.79 Å². The van der Waals surface area contributed by atoms with Crippen LogP contribution in [0, 0.1) is 17.8 Å². The summed E-state index contributed by atoms with van der Waals surface area (Å²) in [5.41, 5.74) is 1.30. The summed E-state index contributed by atoms with van der Waals surface area (Å²) < 4.78 is 0. The van der Waals surface area contributed by atoms with Crippen molar-refractivity contribution in [3.63, 3.8) is 0 Å². The second-order valence-corrected chi connectivity index (χ2v) is 9.73. The molecule has 3 rings (SSSR count). The Kier molecular flexibility index (Phi) is 8.07. The van der Waals surface area contributed by atoms with E-state index in [0.29, 0.717) is 17.9 Å². The van der Waals surface area contributed by atoms with E-state index in [4.69, 9.17) is 0 Å². The van der Waals surface area contributed by atoms with E-state index in [-0.39, 0.29) is 17.9 Å². The molecular weight excluding hydrogens is 360 g/mol. The van der Waals surface area contributed by atoms with Crippen LogP contribution in [-0.2, 0) is 11.3 Å². The van der Waals surface area contributed by atoms with Crippen molar-refractivity contribution in [3.8, 4) is 0 Å². The summed E-state index contributed by atoms with van der Waals surface area (Å²) in [5.74, 6) is 1.37. The Labute approximate surface area is 177 Å². The van der Waals surface area contributed by atoms with Gasteiger partial charge in [-0.15, -0.1) is 0 Å². The molecule has 0 saturated carbocycles. The number of aromatic nitrogens is 1. The molecule has 1 aromatic rings. The number of hydrogen-bond donors (Lipinski definition) is 1. The van der Waals surface area contributed by atoms with Crippen LogP contribution >= 0.6 is 0 Å². The molecule has 162 valence electrons. The van der Waals surface area contributed by atoms with Crippen LogP contribution in [0.1, 0.15) is 58.9 Å². The van der Waals surface area contributed by atoms with Gasteiger partial charge in [-0.2, -0.15) is 0 Å². The molecule has 1 aromatic heterocycles. The average molecular weight is 401 g/mol. The van der Waals surface area contributed by atoms with Gasteiger partial charge in [0.25, 0.3) is 0 Å². The lowest BCUT2D eigenvalue weighted by Crippen LogP contribution is -2.52. The number of piperidine rings is 2. The van der Waals surface area contributed by atoms with Crippen molar-refractivity contribution in [1.29, 1.82) is 0 Å². The second-order valence-electron chi connectivity index (χ2n) is 9.73. The van der Waals surface area contributed by atoms with Gasteiger partial charge in [0.2, 0.25) is 5.91 Å². The van der Waals surface area contributed by atoms with Gasteiger partial charge in [-0.05, 0) is 68.8 Å². The molecule has 2 aliphatic rings. The SMILES string of the molecule is CC(C)C(NC(=O)[C@H]1CCCN(C2CCN(Cc3cccnc3)CC2)C1)C(C)C. The Morgan fingerprint density at radius 1 is 1.14 bits per heavy atom. The molecule has 5 heteroatoms. The van der Waals surface area contributed by atoms with E-state index in [0.717, 1.165) is 45.6 Å². The van der Waals surface area contributed by atoms with Crippen molar-refractivity contribution in [2.24, 2.45) is 17.8 Å². The topological polar surface area (TPSA) is 48.5 Å². The summed E-state index contributed by atoms with van der Waals surface area (Å²) in [6, 6.07) is 5.08. The van der Waals surface area contributed by atoms with Gasteiger partial charge in [0, 0.05) is 37.6 Å². The molecule has 2 aliphatic heterocycles. The lowest BCUT2D eigenvalue weighted by molar-refractivity contribution is -0.128. The molecule has 0 radical (unpaired) electrons. The highest BCUT2D eigenvalue weighted by Gasteiger charge is 2.33. The van der Waals surface area contributed by atoms with Gasteiger partial charge < -0.3 is 5.32 Å². The highest BCUT2D eigenvalue weighted by Crippen LogP contribution is 2.25. The molecule has 1 atom stereocenters. The number of pyridine rings is 1. The highest BCUT2D eigenvalue weighted by atomic mass is 16.2. The van der Waals surface area contributed by atoms with E-state index in [1.54, 1.807) is 0 Å². The predicted molar refractivity (Wildman–Crippen MR) is 118 cm³/mol. The molecule has 5 nitrogen and oxygen atoms in total. The van der Waals surface area contributed by atoms with Crippen LogP contribution in [0.5, 0.6) is 0 Å². The molecule has 2 saturated heterocycles. The molecular formula is C24H40N4O. The molecule has 0 bridgehead atoms. The van der Waals surface area contributed by atoms with Crippen LogP contribution in [0.3, 0.4) is 0 Å². The summed E-state index contributed by atoms with van der Waals surface area (Å²) in [6.07, 6.45) is 8.39. The molecule has 29 heavy (non-hydrogen) atoms. The maximum absolute atomic E-state index is 12.9. The number of hydrogen-bond acceptors (Lipinski definition) is 4. The first-order valence-electron chi connectivity index (χ1n) is 11.6. The lowest BCUT2D eigenvalue weighted by Gasteiger charge is -2.42. The van der Waals surface area contributed by atoms with Crippen molar-refractivity contribution in [2.45, 2.75) is 72.0 Å². The zero-order valence-corrected chi connectivity index (χ0v) is 18.8. The zero-order chi connectivity index (χ0) is 20.8. The maximum Gasteiger partial charge on any atom is 0.224 e. The summed E-state index contributed by atoms with van der Waals surface area (Å²) in [5, 5.41) is 3.36. The molecule has 1 N–H and O–H groups in total. The largest absolute Gasteiger partial charge is 0.353 e. The van der Waals surface area contributed by atoms with Crippen LogP contribution in [0.15, 0.2) is 24.5 Å². The number of rotatable bonds is 7. The first kappa shape index (κ1) is 22.2. The quantitative estimate of drug-likeness (QED) is 0.760. The summed E-state index contributed by atoms with van der Waals surface area (Å²) >= 11 is 0. The zero-order valence-electron chi connectivity index (χ0n) is 18.8. The standard InChI is InChI=1S/C24H40N4O/c1-18(2)23(19(3)4)26-24(29)21-8-6-12-28(17-21)22-9-13-27(14-10-22)16-20-7-5-11-25-15-20/h5,7,11,15,18-19,21-23H,6,8-10,12-14,16-17H2,1-4H3,(H,26,29)/t21-/m0/s1. The van der Waals surface area contributed by atoms with E-state index in [1.165, 1.54) is 18.4 Å². The van der Waals surface area contributed by atoms with Crippen molar-refractivity contribution in [2.75, 3.05) is 26.2 Å². The second kappa shape index (κ2) is 10.5. The fraction of sp³-hybridized carbons (Fsp3) is 0.750. The van der Waals surface area contributed by atoms with E-state index in [2.05, 4.69) is 53.9 Å². The fourth-order valence-corrected chi connectivity index (χ4v) is 5.13. The molecule has 2 fully saturated rings. The van der Waals surface area contributed by atoms with Gasteiger partial charge in [0.05, 0.1) is 5.92 Å². The molecule has 3 heterocycles. The van der Waals surface area contributed by atoms with E-state index >= 15 is 0 Å². The molecule has 1 amide bonds. The Bertz CT molecular complexity index is 617. The average Bonchev–Trinajstić information content (AvgIpc) is 2.73. The minimum absolute atomic E-state index is 0.150. The van der Waals surface area contributed by atoms with Crippen molar-refractivity contribution in [3.05, 3.63) is 30.1 Å². The summed E-state index contributed by atoms with van der Waals surface area (Å²) in [4.78, 5) is 22.3. The molecule has 0 aromatic carbocycles. The van der Waals surface area contributed by atoms with Gasteiger partial charge in [0.1, 0.15) is 0 Å². The van der Waals surface area contributed by atoms with Crippen LogP contribution in [0.2, 0.25) is 0 Å². The van der Waals surface area contributed by atoms with Gasteiger partial charge in [-0.25, -0.2) is 0 Å². The van der Waals surface area contributed by atoms with Crippen molar-refractivity contribution >= 4 is 5.91 Å². The Morgan fingerprint density at radius 3 is 2.48 bits per heavy atom. The van der Waals surface area contributed by atoms with Crippen LogP contribution < -0.4 is 5.32 Å². The number of nitrogens with zero attached hydrogens (tertiary/aromatic N) is 3. The Balaban J connectivity index is 1.48. The summed E-state index contributed by atoms with van der Waals surface area (Å²) in [6.45, 7) is 14.2. The Hall–Kier alpha value is -1.46. The van der Waals surface area contributed by atoms with Crippen molar-refractivity contribution in [1.82, 2.24) is 20.1 Å². The number of likely N-dealkylation sites (tertiary alicyclic amines) is 2. The van der Waals surface area contributed by atoms with Gasteiger partial charge in [-0.1, -0.05) is 33.8 Å². The van der Waals surface area contributed by atoms with Crippen LogP contribution in [-0.4, -0.2) is 59.0 Å². The molecule has 0 unspecified atom stereocenters. The monoisotopic (exact) mass is 400 g/mol. The van der Waals surface area contributed by atoms with Crippen LogP contribution in [0.4, 0.5) is 0 Å². The normalized spacial score (nSPS) is 22.5. The lowest BCUT2D eigenvalue weighted by atomic mass is 9.90. The van der Waals surface area contributed by atoms with E-state index in [1.807, 2.05) is 18.5 Å². The van der Waals surface area contributed by atoms with Gasteiger partial charge in [-0.3, -0.25) is 19.6 Å². The maximum atomic E-state index is 12.9. The molecule has 0 spiro atoms. The first-order valence-corrected chi connectivity index (χ1v) is 11.6. The number of amides is 1. The smallest absolute Gasteiger partial charge is 0.224 e. The van der Waals surface area contributed by atoms with Crippen LogP contribution in [0.25, 0.3) is 0 Å². The number of carbonyl (C=O) groups excluding carboxylic acids is 1. The predicted octanol–water partition coefficient (Wildman–Crippen LogP) is 3.55. The Morgan fingerprint density at radius 2 is 1.86 bits per heavy atom. The van der Waals surface area contributed by atoms with Gasteiger partial charge >= 0.3 is 0 Å². The van der Waals surface area contributed by atoms with E-state index in [9.17, 15) is 4.79 Å². The fourth-order valence-electron chi connectivity index (χ4n) is 5.13. The molecule has 0 aliphatic carbocycles. The summed E-state index contributed by atoms with van der Waals surface area (Å²) in [7, 11) is 0. The minimum atomic E-state index is 0.150. The third kappa shape index (κ3) is 6.26. The van der Waals surface area contributed by atoms with Gasteiger partial charge in [0.15, 0.2) is 0 Å². The highest BCUT2D eigenvalue weighted by molar-refractivity contribution is 5.79. The third-order valence-electron chi connectivity index (χ3n) is 6.77. The first-order chi connectivity index (χ1) is 13.9.